The van der Waals surface area contributed by atoms with Crippen LogP contribution in [0.2, 0.25) is 0 Å². The first-order valence-electron chi connectivity index (χ1n) is 11.2. The maximum absolute atomic E-state index is 14.2. The Morgan fingerprint density at radius 3 is 2.03 bits per heavy atom. The third-order valence-corrected chi connectivity index (χ3v) is 8.48. The van der Waals surface area contributed by atoms with Gasteiger partial charge in [0.1, 0.15) is 0 Å². The number of halogens is 1. The molecular weight excluding hydrogens is 558 g/mol. The number of carbonyl (C=O) groups excluding carboxylic acids is 2. The van der Waals surface area contributed by atoms with Crippen molar-refractivity contribution in [3.05, 3.63) is 117 Å². The Morgan fingerprint density at radius 2 is 1.43 bits per heavy atom. The van der Waals surface area contributed by atoms with Gasteiger partial charge in [0.15, 0.2) is 5.70 Å². The van der Waals surface area contributed by atoms with Crippen LogP contribution in [0, 0.1) is 6.92 Å². The van der Waals surface area contributed by atoms with Gasteiger partial charge in [-0.05, 0) is 47.9 Å². The van der Waals surface area contributed by atoms with Gasteiger partial charge in [-0.15, -0.1) is 0 Å². The minimum absolute atomic E-state index is 0.0441. The summed E-state index contributed by atoms with van der Waals surface area (Å²) in [4.78, 5) is 26.5. The summed E-state index contributed by atoms with van der Waals surface area (Å²) < 4.78 is 40.1. The van der Waals surface area contributed by atoms with Crippen molar-refractivity contribution < 1.29 is 27.5 Å². The first kappa shape index (κ1) is 26.4. The molecule has 1 unspecified atom stereocenters. The molecule has 0 aliphatic carbocycles. The van der Waals surface area contributed by atoms with Crippen LogP contribution in [0.4, 0.5) is 0 Å². The van der Waals surface area contributed by atoms with Crippen molar-refractivity contribution in [3.8, 4) is 0 Å². The van der Waals surface area contributed by atoms with Gasteiger partial charge in [0, 0.05) is 4.47 Å². The number of benzene rings is 3. The first-order valence-corrected chi connectivity index (χ1v) is 13.5. The lowest BCUT2D eigenvalue weighted by molar-refractivity contribution is -0.140. The number of methoxy groups -OCH3 is 2. The monoisotopic (exact) mass is 581 g/mol. The van der Waals surface area contributed by atoms with Crippen LogP contribution in [-0.4, -0.2) is 38.9 Å². The lowest BCUT2D eigenvalue weighted by Gasteiger charge is -2.37. The van der Waals surface area contributed by atoms with E-state index < -0.39 is 33.7 Å². The quantitative estimate of drug-likeness (QED) is 0.372. The number of rotatable bonds is 6. The highest BCUT2D eigenvalue weighted by molar-refractivity contribution is 9.10. The number of hydrogen-bond acceptors (Lipinski definition) is 6. The zero-order chi connectivity index (χ0) is 26.7. The summed E-state index contributed by atoms with van der Waals surface area (Å²) in [5, 5.41) is 0. The normalized spacial score (nSPS) is 15.7. The van der Waals surface area contributed by atoms with Gasteiger partial charge in [-0.1, -0.05) is 82.2 Å². The Bertz CT molecular complexity index is 1510. The fraction of sp³-hybridized carbons (Fsp3) is 0.143. The van der Waals surface area contributed by atoms with Crippen LogP contribution in [0.15, 0.2) is 106 Å². The van der Waals surface area contributed by atoms with Gasteiger partial charge < -0.3 is 9.47 Å². The van der Waals surface area contributed by atoms with Crippen LogP contribution < -0.4 is 0 Å². The predicted molar refractivity (Wildman–Crippen MR) is 143 cm³/mol. The Kier molecular flexibility index (Phi) is 7.65. The number of ether oxygens (including phenoxy) is 2. The van der Waals surface area contributed by atoms with Gasteiger partial charge in [-0.3, -0.25) is 0 Å². The highest BCUT2D eigenvalue weighted by Crippen LogP contribution is 2.45. The molecule has 7 nitrogen and oxygen atoms in total. The number of aryl methyl sites for hydroxylation is 1. The first-order chi connectivity index (χ1) is 17.7. The van der Waals surface area contributed by atoms with Crippen LogP contribution in [0.5, 0.6) is 0 Å². The van der Waals surface area contributed by atoms with Crippen molar-refractivity contribution >= 4 is 43.5 Å². The molecule has 1 aliphatic rings. The number of esters is 2. The maximum Gasteiger partial charge on any atom is 0.356 e. The fourth-order valence-electron chi connectivity index (χ4n) is 4.17. The van der Waals surface area contributed by atoms with Crippen molar-refractivity contribution in [1.82, 2.24) is 4.31 Å². The summed E-state index contributed by atoms with van der Waals surface area (Å²) >= 11 is 3.53. The second-order valence-electron chi connectivity index (χ2n) is 8.23. The third-order valence-electron chi connectivity index (χ3n) is 5.96. The standard InChI is InChI=1S/C28H24BrNO6S/c1-18-13-15-20(16-14-18)37(33,34)30-24(21-11-7-8-12-23(21)29)17-22(19-9-5-4-6-10-19)25(27(31)35-2)26(30)28(32)36-3/h4-17,24H,1-3H3. The molecule has 0 amide bonds. The molecule has 9 heteroatoms. The van der Waals surface area contributed by atoms with E-state index in [2.05, 4.69) is 15.9 Å². The largest absolute Gasteiger partial charge is 0.465 e. The molecule has 0 saturated heterocycles. The van der Waals surface area contributed by atoms with E-state index in [0.29, 0.717) is 21.2 Å². The molecular formula is C28H24BrNO6S. The minimum Gasteiger partial charge on any atom is -0.465 e. The summed E-state index contributed by atoms with van der Waals surface area (Å²) in [6, 6.07) is 21.3. The maximum atomic E-state index is 14.2. The molecule has 1 aliphatic heterocycles. The van der Waals surface area contributed by atoms with Crippen LogP contribution in [-0.2, 0) is 29.1 Å². The number of nitrogens with zero attached hydrogens (tertiary/aromatic N) is 1. The molecule has 1 heterocycles. The van der Waals surface area contributed by atoms with E-state index in [9.17, 15) is 18.0 Å². The van der Waals surface area contributed by atoms with Crippen LogP contribution in [0.3, 0.4) is 0 Å². The van der Waals surface area contributed by atoms with Crippen molar-refractivity contribution in [2.45, 2.75) is 17.9 Å². The average molecular weight is 582 g/mol. The zero-order valence-electron chi connectivity index (χ0n) is 20.3. The molecule has 37 heavy (non-hydrogen) atoms. The molecule has 1 atom stereocenters. The van der Waals surface area contributed by atoms with Gasteiger partial charge >= 0.3 is 11.9 Å². The van der Waals surface area contributed by atoms with Crippen molar-refractivity contribution in [2.24, 2.45) is 0 Å². The SMILES string of the molecule is COC(=O)C1=C(C(=O)OC)N(S(=O)(=O)c2ccc(C)cc2)C(c2ccccc2Br)C=C1c1ccccc1. The predicted octanol–water partition coefficient (Wildman–Crippen LogP) is 5.19. The van der Waals surface area contributed by atoms with E-state index in [-0.39, 0.29) is 10.5 Å². The van der Waals surface area contributed by atoms with Crippen molar-refractivity contribution in [1.29, 1.82) is 0 Å². The number of sulfonamides is 1. The Labute approximate surface area is 224 Å². The van der Waals surface area contributed by atoms with E-state index in [4.69, 9.17) is 9.47 Å². The van der Waals surface area contributed by atoms with Crippen LogP contribution in [0.1, 0.15) is 22.7 Å². The lowest BCUT2D eigenvalue weighted by atomic mass is 9.89. The molecule has 0 fully saturated rings. The second-order valence-corrected chi connectivity index (χ2v) is 10.9. The average Bonchev–Trinajstić information content (AvgIpc) is 2.92. The summed E-state index contributed by atoms with van der Waals surface area (Å²) in [5.74, 6) is -1.86. The summed E-state index contributed by atoms with van der Waals surface area (Å²) in [7, 11) is -2.07. The molecule has 0 aromatic heterocycles. The number of hydrogen-bond donors (Lipinski definition) is 0. The Hall–Kier alpha value is -3.69. The molecule has 3 aromatic rings. The fourth-order valence-corrected chi connectivity index (χ4v) is 6.27. The summed E-state index contributed by atoms with van der Waals surface area (Å²) in [6.07, 6.45) is 1.65. The van der Waals surface area contributed by atoms with E-state index in [0.717, 1.165) is 17.0 Å². The molecule has 0 N–H and O–H groups in total. The van der Waals surface area contributed by atoms with Gasteiger partial charge in [-0.25, -0.2) is 22.3 Å². The van der Waals surface area contributed by atoms with Gasteiger partial charge in [0.2, 0.25) is 0 Å². The molecule has 4 rings (SSSR count). The van der Waals surface area contributed by atoms with E-state index in [1.165, 1.54) is 19.2 Å². The molecule has 190 valence electrons. The zero-order valence-corrected chi connectivity index (χ0v) is 22.7. The Balaban J connectivity index is 2.12. The summed E-state index contributed by atoms with van der Waals surface area (Å²) in [6.45, 7) is 1.84. The Morgan fingerprint density at radius 1 is 0.838 bits per heavy atom. The molecule has 0 saturated carbocycles. The molecule has 0 bridgehead atoms. The van der Waals surface area contributed by atoms with Gasteiger partial charge in [0.25, 0.3) is 10.0 Å². The van der Waals surface area contributed by atoms with Crippen molar-refractivity contribution in [3.63, 3.8) is 0 Å². The smallest absolute Gasteiger partial charge is 0.356 e. The van der Waals surface area contributed by atoms with E-state index in [1.54, 1.807) is 66.7 Å². The van der Waals surface area contributed by atoms with E-state index in [1.807, 2.05) is 13.0 Å². The third kappa shape index (κ3) is 4.97. The number of carbonyl (C=O) groups is 2. The van der Waals surface area contributed by atoms with Crippen LogP contribution >= 0.6 is 15.9 Å². The van der Waals surface area contributed by atoms with Crippen LogP contribution in [0.25, 0.3) is 5.57 Å². The topological polar surface area (TPSA) is 90.0 Å². The van der Waals surface area contributed by atoms with Gasteiger partial charge in [-0.2, -0.15) is 0 Å². The van der Waals surface area contributed by atoms with E-state index >= 15 is 0 Å². The van der Waals surface area contributed by atoms with Crippen molar-refractivity contribution in [2.75, 3.05) is 14.2 Å². The van der Waals surface area contributed by atoms with Gasteiger partial charge in [0.05, 0.1) is 30.7 Å². The molecule has 0 spiro atoms. The molecule has 3 aromatic carbocycles. The summed E-state index contributed by atoms with van der Waals surface area (Å²) in [5.41, 5.74) is 1.75. The molecule has 0 radical (unpaired) electrons. The highest BCUT2D eigenvalue weighted by atomic mass is 79.9. The lowest BCUT2D eigenvalue weighted by Crippen LogP contribution is -2.41. The second kappa shape index (κ2) is 10.7. The highest BCUT2D eigenvalue weighted by Gasteiger charge is 2.44. The minimum atomic E-state index is -4.38.